The monoisotopic (exact) mass is 484 g/mol. The van der Waals surface area contributed by atoms with E-state index in [-0.39, 0.29) is 36.3 Å². The third-order valence-corrected chi connectivity index (χ3v) is 7.83. The van der Waals surface area contributed by atoms with Gasteiger partial charge in [0.15, 0.2) is 5.82 Å². The second-order valence-electron chi connectivity index (χ2n) is 10.2. The molecule has 2 aliphatic carbocycles. The molecule has 35 heavy (non-hydrogen) atoms. The highest BCUT2D eigenvalue weighted by Gasteiger charge is 2.37. The number of carbonyl (C=O) groups excluding carboxylic acids is 1. The zero-order valence-corrected chi connectivity index (χ0v) is 20.2. The van der Waals surface area contributed by atoms with Gasteiger partial charge in [-0.3, -0.25) is 9.80 Å². The fraction of sp³-hybridized carbons (Fsp3) is 0.640. The minimum Gasteiger partial charge on any atom is -0.369 e. The van der Waals surface area contributed by atoms with Gasteiger partial charge in [-0.1, -0.05) is 25.0 Å². The van der Waals surface area contributed by atoms with E-state index in [2.05, 4.69) is 36.7 Å². The van der Waals surface area contributed by atoms with Crippen molar-refractivity contribution in [1.82, 2.24) is 20.5 Å². The van der Waals surface area contributed by atoms with E-state index >= 15 is 0 Å². The number of aliphatic imine (C=N–C) groups is 1. The molecule has 5 atom stereocenters. The summed E-state index contributed by atoms with van der Waals surface area (Å²) in [4.78, 5) is 19.2. The summed E-state index contributed by atoms with van der Waals surface area (Å²) in [6.07, 6.45) is 14.4. The molecule has 5 aliphatic rings. The summed E-state index contributed by atoms with van der Waals surface area (Å²) >= 11 is 0. The number of allylic oxidation sites excluding steroid dienone is 3. The van der Waals surface area contributed by atoms with Crippen LogP contribution in [-0.2, 0) is 4.79 Å². The number of fused-ring (bicyclic) bond motifs is 1. The number of hydrazone groups is 1. The number of carbonyl (C=O) groups is 1. The first-order valence-corrected chi connectivity index (χ1v) is 13.0. The van der Waals surface area contributed by atoms with Gasteiger partial charge in [-0.25, -0.2) is 9.38 Å². The Morgan fingerprint density at radius 1 is 1.17 bits per heavy atom. The number of nitrogens with two attached hydrogens (primary N) is 2. The molecule has 6 N–H and O–H groups in total. The molecule has 3 aliphatic heterocycles. The van der Waals surface area contributed by atoms with Crippen molar-refractivity contribution in [3.05, 3.63) is 35.6 Å². The molecule has 190 valence electrons. The Morgan fingerprint density at radius 2 is 1.97 bits per heavy atom. The lowest BCUT2D eigenvalue weighted by Gasteiger charge is -2.33. The third kappa shape index (κ3) is 5.28. The lowest BCUT2D eigenvalue weighted by molar-refractivity contribution is -0.120. The molecule has 0 aromatic carbocycles. The maximum absolute atomic E-state index is 14.9. The van der Waals surface area contributed by atoms with E-state index in [0.29, 0.717) is 5.84 Å². The molecule has 0 bridgehead atoms. The highest BCUT2D eigenvalue weighted by Crippen LogP contribution is 2.30. The van der Waals surface area contributed by atoms with Crippen LogP contribution in [0.15, 0.2) is 45.7 Å². The minimum atomic E-state index is -0.851. The van der Waals surface area contributed by atoms with Gasteiger partial charge in [-0.2, -0.15) is 5.10 Å². The topological polar surface area (TPSA) is 124 Å². The van der Waals surface area contributed by atoms with Crippen molar-refractivity contribution in [2.75, 3.05) is 26.2 Å². The molecule has 0 aromatic rings. The van der Waals surface area contributed by atoms with E-state index in [9.17, 15) is 9.18 Å². The van der Waals surface area contributed by atoms with Gasteiger partial charge in [0, 0.05) is 43.5 Å². The van der Waals surface area contributed by atoms with Crippen LogP contribution in [0.4, 0.5) is 4.39 Å². The number of amidine groups is 1. The van der Waals surface area contributed by atoms with Crippen molar-refractivity contribution in [2.24, 2.45) is 33.4 Å². The lowest BCUT2D eigenvalue weighted by Crippen LogP contribution is -2.48. The third-order valence-electron chi connectivity index (χ3n) is 7.83. The van der Waals surface area contributed by atoms with Gasteiger partial charge in [0.1, 0.15) is 17.6 Å². The molecule has 1 saturated carbocycles. The first-order chi connectivity index (χ1) is 17.0. The van der Waals surface area contributed by atoms with E-state index in [0.717, 1.165) is 57.6 Å². The number of hydrogen-bond acceptors (Lipinski definition) is 8. The number of nitrogens with one attached hydrogen (secondary N) is 2. The van der Waals surface area contributed by atoms with Gasteiger partial charge in [0.2, 0.25) is 5.91 Å². The molecule has 10 heteroatoms. The van der Waals surface area contributed by atoms with Crippen LogP contribution in [0.2, 0.25) is 0 Å². The summed E-state index contributed by atoms with van der Waals surface area (Å²) in [5, 5.41) is 13.3. The van der Waals surface area contributed by atoms with Crippen LogP contribution in [-0.4, -0.2) is 72.2 Å². The van der Waals surface area contributed by atoms with E-state index in [1.807, 2.05) is 18.4 Å². The molecule has 0 radical (unpaired) electrons. The molecule has 3 heterocycles. The summed E-state index contributed by atoms with van der Waals surface area (Å²) < 4.78 is 14.9. The van der Waals surface area contributed by atoms with Crippen LogP contribution in [0, 0.1) is 11.8 Å². The average molecular weight is 485 g/mol. The van der Waals surface area contributed by atoms with Crippen molar-refractivity contribution in [3.8, 4) is 0 Å². The van der Waals surface area contributed by atoms with E-state index < -0.39 is 17.7 Å². The van der Waals surface area contributed by atoms with Crippen LogP contribution in [0.1, 0.15) is 44.9 Å². The van der Waals surface area contributed by atoms with E-state index in [4.69, 9.17) is 11.5 Å². The van der Waals surface area contributed by atoms with Crippen molar-refractivity contribution in [3.63, 3.8) is 0 Å². The molecule has 2 fully saturated rings. The van der Waals surface area contributed by atoms with Crippen LogP contribution in [0.25, 0.3) is 0 Å². The average Bonchev–Trinajstić information content (AvgIpc) is 3.51. The number of nitrogens with zero attached hydrogens (tertiary/aromatic N) is 4. The second kappa shape index (κ2) is 10.5. The van der Waals surface area contributed by atoms with Crippen molar-refractivity contribution in [1.29, 1.82) is 0 Å². The number of halogens is 1. The summed E-state index contributed by atoms with van der Waals surface area (Å²) in [6, 6.07) is 0.0242. The zero-order valence-electron chi connectivity index (χ0n) is 20.2. The number of primary amides is 1. The Bertz CT molecular complexity index is 967. The quantitative estimate of drug-likeness (QED) is 0.432. The summed E-state index contributed by atoms with van der Waals surface area (Å²) in [5.41, 5.74) is 12.8. The van der Waals surface area contributed by atoms with E-state index in [1.165, 1.54) is 12.8 Å². The fourth-order valence-electron chi connectivity index (χ4n) is 5.71. The molecule has 0 aromatic heterocycles. The number of hydrogen-bond donors (Lipinski definition) is 4. The molecular formula is C25H37FN8O. The molecule has 0 spiro atoms. The molecular weight excluding hydrogens is 447 g/mol. The fourth-order valence-corrected chi connectivity index (χ4v) is 5.71. The maximum Gasteiger partial charge on any atom is 0.228 e. The van der Waals surface area contributed by atoms with Crippen LogP contribution in [0.5, 0.6) is 0 Å². The first-order valence-electron chi connectivity index (χ1n) is 13.0. The van der Waals surface area contributed by atoms with Crippen LogP contribution >= 0.6 is 0 Å². The summed E-state index contributed by atoms with van der Waals surface area (Å²) in [5.74, 6) is -1.37. The maximum atomic E-state index is 14.9. The Morgan fingerprint density at radius 3 is 2.74 bits per heavy atom. The predicted octanol–water partition coefficient (Wildman–Crippen LogP) is 1.31. The highest BCUT2D eigenvalue weighted by atomic mass is 19.1. The Balaban J connectivity index is 1.28. The smallest absolute Gasteiger partial charge is 0.228 e. The molecule has 1 saturated heterocycles. The Kier molecular flexibility index (Phi) is 7.19. The van der Waals surface area contributed by atoms with Gasteiger partial charge < -0.3 is 27.0 Å². The zero-order chi connectivity index (χ0) is 24.4. The minimum absolute atomic E-state index is 0.00809. The van der Waals surface area contributed by atoms with Gasteiger partial charge in [-0.15, -0.1) is 0 Å². The van der Waals surface area contributed by atoms with Crippen molar-refractivity contribution >= 4 is 18.0 Å². The van der Waals surface area contributed by atoms with Crippen LogP contribution in [0.3, 0.4) is 0 Å². The van der Waals surface area contributed by atoms with E-state index in [1.54, 1.807) is 0 Å². The first kappa shape index (κ1) is 24.0. The van der Waals surface area contributed by atoms with Crippen molar-refractivity contribution < 1.29 is 9.18 Å². The van der Waals surface area contributed by atoms with Gasteiger partial charge in [0.05, 0.1) is 12.0 Å². The molecule has 9 nitrogen and oxygen atoms in total. The SMILES string of the molecule is NC(=O)C1CC(F)=C(N[C@@H]2CCCC[C@@H]2N)N=C1NC1=CC=CC2C1C=NN2CCN1CCCC1. The van der Waals surface area contributed by atoms with Gasteiger partial charge >= 0.3 is 0 Å². The molecule has 1 amide bonds. The summed E-state index contributed by atoms with van der Waals surface area (Å²) in [7, 11) is 0. The molecule has 5 rings (SSSR count). The number of rotatable bonds is 7. The summed E-state index contributed by atoms with van der Waals surface area (Å²) in [6.45, 7) is 4.19. The van der Waals surface area contributed by atoms with Crippen molar-refractivity contribution in [2.45, 2.75) is 63.1 Å². The lowest BCUT2D eigenvalue weighted by atomic mass is 9.90. The predicted molar refractivity (Wildman–Crippen MR) is 135 cm³/mol. The Hall–Kier alpha value is -2.72. The Labute approximate surface area is 206 Å². The molecule has 3 unspecified atom stereocenters. The van der Waals surface area contributed by atoms with Crippen LogP contribution < -0.4 is 22.1 Å². The number of amides is 1. The van der Waals surface area contributed by atoms with Gasteiger partial charge in [0.25, 0.3) is 0 Å². The van der Waals surface area contributed by atoms with Gasteiger partial charge in [-0.05, 0) is 44.8 Å². The normalized spacial score (nSPS) is 33.0. The largest absolute Gasteiger partial charge is 0.369 e. The second-order valence-corrected chi connectivity index (χ2v) is 10.2. The highest BCUT2D eigenvalue weighted by molar-refractivity contribution is 6.04. The number of likely N-dealkylation sites (tertiary alicyclic amines) is 1. The standard InChI is InChI=1S/C25H37FN8O/c26-18-14-16(23(28)35)24(32-25(18)31-21-7-2-1-6-19(21)27)30-20-8-5-9-22-17(20)15-29-34(22)13-12-33-10-3-4-11-33/h5,8-9,15-17,19,21-22,31H,1-4,6-7,10-14,27H2,(H2,28,35)(H,30,32)/t16?,17?,19-,21+,22?/m0/s1.